The molecule has 6 heteroatoms. The number of nitrogens with one attached hydrogen (secondary N) is 2. The highest BCUT2D eigenvalue weighted by molar-refractivity contribution is 5.76. The molecule has 0 saturated carbocycles. The van der Waals surface area contributed by atoms with Crippen LogP contribution >= 0.6 is 0 Å². The van der Waals surface area contributed by atoms with Crippen molar-refractivity contribution in [2.45, 2.75) is 45.6 Å². The predicted octanol–water partition coefficient (Wildman–Crippen LogP) is 2.87. The average Bonchev–Trinajstić information content (AvgIpc) is 3.32. The lowest BCUT2D eigenvalue weighted by Gasteiger charge is -2.11. The molecule has 3 rings (SSSR count). The molecule has 0 aliphatic carbocycles. The maximum atomic E-state index is 12.1. The van der Waals surface area contributed by atoms with Crippen molar-refractivity contribution in [2.75, 3.05) is 13.1 Å². The molecule has 2 aromatic rings. The molecule has 0 radical (unpaired) electrons. The van der Waals surface area contributed by atoms with E-state index in [1.807, 2.05) is 19.1 Å². The van der Waals surface area contributed by atoms with Gasteiger partial charge in [0.2, 0.25) is 17.6 Å². The molecule has 2 N–H and O–H groups in total. The molecule has 134 valence electrons. The van der Waals surface area contributed by atoms with Gasteiger partial charge in [0.25, 0.3) is 0 Å². The van der Waals surface area contributed by atoms with E-state index in [1.165, 1.54) is 5.56 Å². The maximum Gasteiger partial charge on any atom is 0.249 e. The fourth-order valence-corrected chi connectivity index (χ4v) is 3.09. The van der Waals surface area contributed by atoms with Gasteiger partial charge in [-0.2, -0.15) is 4.98 Å². The SMILES string of the molecule is CCc1ccc(-c2noc(C(C)NC(=O)CCC3CCNC3)n2)cc1. The zero-order valence-electron chi connectivity index (χ0n) is 14.9. The van der Waals surface area contributed by atoms with Crippen LogP contribution in [0.5, 0.6) is 0 Å². The van der Waals surface area contributed by atoms with Gasteiger partial charge in [-0.05, 0) is 50.8 Å². The van der Waals surface area contributed by atoms with Gasteiger partial charge in [0.1, 0.15) is 6.04 Å². The van der Waals surface area contributed by atoms with Crippen LogP contribution in [0.4, 0.5) is 0 Å². The Morgan fingerprint density at radius 3 is 2.88 bits per heavy atom. The Morgan fingerprint density at radius 2 is 2.20 bits per heavy atom. The summed E-state index contributed by atoms with van der Waals surface area (Å²) in [5.74, 6) is 1.63. The zero-order chi connectivity index (χ0) is 17.6. The number of aryl methyl sites for hydroxylation is 1. The first kappa shape index (κ1) is 17.6. The number of amides is 1. The second-order valence-electron chi connectivity index (χ2n) is 6.69. The molecule has 1 aliphatic rings. The molecule has 2 unspecified atom stereocenters. The van der Waals surface area contributed by atoms with Gasteiger partial charge in [-0.15, -0.1) is 0 Å². The summed E-state index contributed by atoms with van der Waals surface area (Å²) in [6, 6.07) is 7.83. The quantitative estimate of drug-likeness (QED) is 0.809. The number of benzene rings is 1. The number of carbonyl (C=O) groups is 1. The van der Waals surface area contributed by atoms with Crippen LogP contribution in [0.15, 0.2) is 28.8 Å². The number of aromatic nitrogens is 2. The molecular weight excluding hydrogens is 316 g/mol. The second kappa shape index (κ2) is 8.25. The largest absolute Gasteiger partial charge is 0.345 e. The lowest BCUT2D eigenvalue weighted by molar-refractivity contribution is -0.122. The maximum absolute atomic E-state index is 12.1. The van der Waals surface area contributed by atoms with E-state index in [9.17, 15) is 4.79 Å². The van der Waals surface area contributed by atoms with Crippen molar-refractivity contribution in [3.8, 4) is 11.4 Å². The van der Waals surface area contributed by atoms with Crippen LogP contribution in [-0.4, -0.2) is 29.1 Å². The number of nitrogens with zero attached hydrogens (tertiary/aromatic N) is 2. The van der Waals surface area contributed by atoms with Crippen molar-refractivity contribution in [3.63, 3.8) is 0 Å². The highest BCUT2D eigenvalue weighted by Crippen LogP contribution is 2.20. The Balaban J connectivity index is 1.54. The molecule has 25 heavy (non-hydrogen) atoms. The molecule has 1 aliphatic heterocycles. The van der Waals surface area contributed by atoms with Crippen LogP contribution in [0.3, 0.4) is 0 Å². The summed E-state index contributed by atoms with van der Waals surface area (Å²) in [5.41, 5.74) is 2.19. The first-order valence-corrected chi connectivity index (χ1v) is 9.08. The fraction of sp³-hybridized carbons (Fsp3) is 0.526. The first-order chi connectivity index (χ1) is 12.2. The predicted molar refractivity (Wildman–Crippen MR) is 95.9 cm³/mol. The lowest BCUT2D eigenvalue weighted by atomic mass is 10.0. The summed E-state index contributed by atoms with van der Waals surface area (Å²) in [7, 11) is 0. The van der Waals surface area contributed by atoms with E-state index in [2.05, 4.69) is 39.8 Å². The van der Waals surface area contributed by atoms with Gasteiger partial charge in [-0.3, -0.25) is 4.79 Å². The first-order valence-electron chi connectivity index (χ1n) is 9.08. The minimum absolute atomic E-state index is 0.0337. The van der Waals surface area contributed by atoms with Gasteiger partial charge in [0, 0.05) is 12.0 Å². The molecular formula is C19H26N4O2. The minimum atomic E-state index is -0.287. The molecule has 2 heterocycles. The van der Waals surface area contributed by atoms with Gasteiger partial charge in [-0.1, -0.05) is 36.3 Å². The van der Waals surface area contributed by atoms with Crippen molar-refractivity contribution >= 4 is 5.91 Å². The van der Waals surface area contributed by atoms with Crippen molar-refractivity contribution in [1.82, 2.24) is 20.8 Å². The summed E-state index contributed by atoms with van der Waals surface area (Å²) in [4.78, 5) is 16.5. The van der Waals surface area contributed by atoms with Crippen LogP contribution in [0.2, 0.25) is 0 Å². The topological polar surface area (TPSA) is 80.0 Å². The second-order valence-corrected chi connectivity index (χ2v) is 6.69. The van der Waals surface area contributed by atoms with Gasteiger partial charge < -0.3 is 15.2 Å². The van der Waals surface area contributed by atoms with Crippen LogP contribution in [0.25, 0.3) is 11.4 Å². The average molecular weight is 342 g/mol. The van der Waals surface area contributed by atoms with E-state index in [0.717, 1.165) is 37.9 Å². The van der Waals surface area contributed by atoms with Crippen LogP contribution in [0.1, 0.15) is 50.6 Å². The third-order valence-electron chi connectivity index (χ3n) is 4.75. The van der Waals surface area contributed by atoms with Crippen molar-refractivity contribution < 1.29 is 9.32 Å². The molecule has 0 spiro atoms. The summed E-state index contributed by atoms with van der Waals surface area (Å²) in [5, 5.41) is 10.3. The minimum Gasteiger partial charge on any atom is -0.345 e. The van der Waals surface area contributed by atoms with Crippen molar-refractivity contribution in [3.05, 3.63) is 35.7 Å². The summed E-state index contributed by atoms with van der Waals surface area (Å²) < 4.78 is 5.33. The fourth-order valence-electron chi connectivity index (χ4n) is 3.09. The Morgan fingerprint density at radius 1 is 1.40 bits per heavy atom. The third kappa shape index (κ3) is 4.66. The van der Waals surface area contributed by atoms with Crippen molar-refractivity contribution in [1.29, 1.82) is 0 Å². The van der Waals surface area contributed by atoms with Gasteiger partial charge in [0.15, 0.2) is 0 Å². The molecule has 1 amide bonds. The molecule has 2 atom stereocenters. The summed E-state index contributed by atoms with van der Waals surface area (Å²) >= 11 is 0. The summed E-state index contributed by atoms with van der Waals surface area (Å²) in [6.07, 6.45) is 3.62. The highest BCUT2D eigenvalue weighted by Gasteiger charge is 2.19. The number of hydrogen-bond donors (Lipinski definition) is 2. The molecule has 0 bridgehead atoms. The van der Waals surface area contributed by atoms with E-state index in [1.54, 1.807) is 0 Å². The molecule has 1 fully saturated rings. The standard InChI is InChI=1S/C19H26N4O2/c1-3-14-4-7-16(8-5-14)18-22-19(25-23-18)13(2)21-17(24)9-6-15-10-11-20-12-15/h4-5,7-8,13,15,20H,3,6,9-12H2,1-2H3,(H,21,24). The molecule has 1 aromatic heterocycles. The molecule has 1 aromatic carbocycles. The smallest absolute Gasteiger partial charge is 0.249 e. The molecule has 1 saturated heterocycles. The van der Waals surface area contributed by atoms with E-state index < -0.39 is 0 Å². The number of carbonyl (C=O) groups excluding carboxylic acids is 1. The zero-order valence-corrected chi connectivity index (χ0v) is 14.9. The monoisotopic (exact) mass is 342 g/mol. The van der Waals surface area contributed by atoms with Crippen LogP contribution in [0, 0.1) is 5.92 Å². The Hall–Kier alpha value is -2.21. The van der Waals surface area contributed by atoms with E-state index in [-0.39, 0.29) is 11.9 Å². The van der Waals surface area contributed by atoms with Gasteiger partial charge >= 0.3 is 0 Å². The summed E-state index contributed by atoms with van der Waals surface area (Å²) in [6.45, 7) is 6.07. The van der Waals surface area contributed by atoms with Gasteiger partial charge in [0.05, 0.1) is 0 Å². The number of hydrogen-bond acceptors (Lipinski definition) is 5. The lowest BCUT2D eigenvalue weighted by Crippen LogP contribution is -2.27. The Bertz CT molecular complexity index is 690. The Labute approximate surface area is 148 Å². The molecule has 6 nitrogen and oxygen atoms in total. The number of rotatable bonds is 7. The van der Waals surface area contributed by atoms with E-state index in [0.29, 0.717) is 24.1 Å². The Kier molecular flexibility index (Phi) is 5.81. The van der Waals surface area contributed by atoms with Crippen LogP contribution in [-0.2, 0) is 11.2 Å². The van der Waals surface area contributed by atoms with Crippen LogP contribution < -0.4 is 10.6 Å². The van der Waals surface area contributed by atoms with E-state index in [4.69, 9.17) is 4.52 Å². The van der Waals surface area contributed by atoms with Crippen molar-refractivity contribution in [2.24, 2.45) is 5.92 Å². The third-order valence-corrected chi connectivity index (χ3v) is 4.75. The highest BCUT2D eigenvalue weighted by atomic mass is 16.5. The normalized spacial score (nSPS) is 18.2. The van der Waals surface area contributed by atoms with E-state index >= 15 is 0 Å². The van der Waals surface area contributed by atoms with Gasteiger partial charge in [-0.25, -0.2) is 0 Å².